The molecule has 0 N–H and O–H groups in total. The molecule has 0 aromatic heterocycles. The Balaban J connectivity index is 1.95. The Labute approximate surface area is 119 Å². The van der Waals surface area contributed by atoms with Crippen molar-refractivity contribution in [2.75, 3.05) is 20.3 Å². The molecule has 1 aliphatic heterocycles. The molecule has 2 atom stereocenters. The molecule has 114 valence electrons. The molecule has 0 spiro atoms. The van der Waals surface area contributed by atoms with Crippen LogP contribution in [-0.2, 0) is 14.2 Å². The lowest BCUT2D eigenvalue weighted by Gasteiger charge is -2.23. The van der Waals surface area contributed by atoms with Crippen LogP contribution in [0.5, 0.6) is 0 Å². The molecular formula is C16H32O3. The smallest absolute Gasteiger partial charge is 0.157 e. The maximum Gasteiger partial charge on any atom is 0.157 e. The van der Waals surface area contributed by atoms with Crippen LogP contribution >= 0.6 is 0 Å². The van der Waals surface area contributed by atoms with E-state index >= 15 is 0 Å². The highest BCUT2D eigenvalue weighted by molar-refractivity contribution is 4.59. The summed E-state index contributed by atoms with van der Waals surface area (Å²) in [5.41, 5.74) is 0. The highest BCUT2D eigenvalue weighted by Crippen LogP contribution is 2.16. The van der Waals surface area contributed by atoms with Crippen LogP contribution < -0.4 is 0 Å². The zero-order valence-corrected chi connectivity index (χ0v) is 12.9. The third-order valence-electron chi connectivity index (χ3n) is 3.83. The highest BCUT2D eigenvalue weighted by atomic mass is 16.7. The van der Waals surface area contributed by atoms with Crippen LogP contribution in [0.25, 0.3) is 0 Å². The summed E-state index contributed by atoms with van der Waals surface area (Å²) >= 11 is 0. The summed E-state index contributed by atoms with van der Waals surface area (Å²) in [6, 6.07) is 0. The Hall–Kier alpha value is -0.120. The van der Waals surface area contributed by atoms with E-state index in [1.54, 1.807) is 0 Å². The van der Waals surface area contributed by atoms with Crippen LogP contribution in [0.1, 0.15) is 71.1 Å². The Kier molecular flexibility index (Phi) is 10.4. The largest absolute Gasteiger partial charge is 0.381 e. The van der Waals surface area contributed by atoms with Crippen molar-refractivity contribution in [2.45, 2.75) is 83.5 Å². The minimum absolute atomic E-state index is 0.0549. The molecule has 0 aromatic rings. The number of ether oxygens (including phenoxy) is 3. The van der Waals surface area contributed by atoms with Crippen molar-refractivity contribution >= 4 is 0 Å². The van der Waals surface area contributed by atoms with Gasteiger partial charge in [-0.3, -0.25) is 0 Å². The van der Waals surface area contributed by atoms with Crippen molar-refractivity contribution in [3.05, 3.63) is 0 Å². The zero-order chi connectivity index (χ0) is 13.8. The molecule has 1 fully saturated rings. The van der Waals surface area contributed by atoms with E-state index < -0.39 is 0 Å². The lowest BCUT2D eigenvalue weighted by atomic mass is 10.1. The summed E-state index contributed by atoms with van der Waals surface area (Å²) in [6.45, 7) is 3.92. The minimum Gasteiger partial charge on any atom is -0.381 e. The van der Waals surface area contributed by atoms with E-state index in [9.17, 15) is 0 Å². The van der Waals surface area contributed by atoms with E-state index in [0.717, 1.165) is 32.5 Å². The predicted octanol–water partition coefficient (Wildman–Crippen LogP) is 4.30. The fourth-order valence-electron chi connectivity index (χ4n) is 2.55. The third-order valence-corrected chi connectivity index (χ3v) is 3.83. The minimum atomic E-state index is 0.0549. The summed E-state index contributed by atoms with van der Waals surface area (Å²) < 4.78 is 16.8. The van der Waals surface area contributed by atoms with Gasteiger partial charge in [0.05, 0.1) is 6.10 Å². The molecule has 1 saturated heterocycles. The third kappa shape index (κ3) is 8.61. The molecule has 0 saturated carbocycles. The first-order chi connectivity index (χ1) is 9.36. The van der Waals surface area contributed by atoms with Crippen molar-refractivity contribution in [3.63, 3.8) is 0 Å². The molecule has 19 heavy (non-hydrogen) atoms. The molecule has 0 aromatic carbocycles. The molecule has 0 radical (unpaired) electrons. The summed E-state index contributed by atoms with van der Waals surface area (Å²) in [7, 11) is 1.83. The van der Waals surface area contributed by atoms with Gasteiger partial charge in [0.2, 0.25) is 0 Å². The Bertz CT molecular complexity index is 190. The van der Waals surface area contributed by atoms with Gasteiger partial charge in [-0.15, -0.1) is 0 Å². The van der Waals surface area contributed by atoms with Gasteiger partial charge in [0, 0.05) is 20.3 Å². The number of methoxy groups -OCH3 is 1. The number of rotatable bonds is 11. The van der Waals surface area contributed by atoms with Crippen LogP contribution in [-0.4, -0.2) is 32.7 Å². The van der Waals surface area contributed by atoms with Crippen molar-refractivity contribution in [1.29, 1.82) is 0 Å². The molecule has 3 nitrogen and oxygen atoms in total. The normalized spacial score (nSPS) is 21.5. The molecule has 1 aliphatic rings. The molecular weight excluding hydrogens is 240 g/mol. The monoisotopic (exact) mass is 272 g/mol. The van der Waals surface area contributed by atoms with Gasteiger partial charge in [0.25, 0.3) is 0 Å². The summed E-state index contributed by atoms with van der Waals surface area (Å²) in [6.07, 6.45) is 12.6. The second kappa shape index (κ2) is 11.7. The van der Waals surface area contributed by atoms with Gasteiger partial charge in [-0.1, -0.05) is 32.6 Å². The van der Waals surface area contributed by atoms with Crippen LogP contribution in [0.4, 0.5) is 0 Å². The van der Waals surface area contributed by atoms with E-state index in [-0.39, 0.29) is 6.29 Å². The van der Waals surface area contributed by atoms with Crippen molar-refractivity contribution in [1.82, 2.24) is 0 Å². The van der Waals surface area contributed by atoms with Crippen LogP contribution in [0.15, 0.2) is 0 Å². The quantitative estimate of drug-likeness (QED) is 0.525. The van der Waals surface area contributed by atoms with Crippen LogP contribution in [0.3, 0.4) is 0 Å². The zero-order valence-electron chi connectivity index (χ0n) is 12.9. The first-order valence-electron chi connectivity index (χ1n) is 8.12. The Morgan fingerprint density at radius 1 is 1.11 bits per heavy atom. The van der Waals surface area contributed by atoms with Gasteiger partial charge in [0.1, 0.15) is 0 Å². The van der Waals surface area contributed by atoms with E-state index in [0.29, 0.717) is 6.10 Å². The maximum absolute atomic E-state index is 5.74. The maximum atomic E-state index is 5.74. The lowest BCUT2D eigenvalue weighted by molar-refractivity contribution is -0.163. The van der Waals surface area contributed by atoms with Gasteiger partial charge >= 0.3 is 0 Å². The lowest BCUT2D eigenvalue weighted by Crippen LogP contribution is -2.23. The van der Waals surface area contributed by atoms with Crippen LogP contribution in [0.2, 0.25) is 0 Å². The molecule has 0 amide bonds. The predicted molar refractivity (Wildman–Crippen MR) is 78.3 cm³/mol. The summed E-state index contributed by atoms with van der Waals surface area (Å²) in [5.74, 6) is 0. The van der Waals surface area contributed by atoms with Crippen molar-refractivity contribution < 1.29 is 14.2 Å². The van der Waals surface area contributed by atoms with Crippen molar-refractivity contribution in [2.24, 2.45) is 0 Å². The topological polar surface area (TPSA) is 27.7 Å². The molecule has 1 unspecified atom stereocenters. The van der Waals surface area contributed by atoms with Crippen molar-refractivity contribution in [3.8, 4) is 0 Å². The van der Waals surface area contributed by atoms with E-state index in [1.807, 2.05) is 7.11 Å². The second-order valence-electron chi connectivity index (χ2n) is 5.52. The van der Waals surface area contributed by atoms with E-state index in [1.165, 1.54) is 44.9 Å². The number of hydrogen-bond donors (Lipinski definition) is 0. The first kappa shape index (κ1) is 16.9. The highest BCUT2D eigenvalue weighted by Gasteiger charge is 2.14. The van der Waals surface area contributed by atoms with Gasteiger partial charge in [-0.2, -0.15) is 0 Å². The Morgan fingerprint density at radius 3 is 2.63 bits per heavy atom. The van der Waals surface area contributed by atoms with Gasteiger partial charge in [-0.05, 0) is 38.5 Å². The average Bonchev–Trinajstić information content (AvgIpc) is 2.46. The SMILES string of the molecule is CCCCCC[C@H](CCCOC1CCCCO1)OC. The first-order valence-corrected chi connectivity index (χ1v) is 8.12. The molecule has 1 rings (SSSR count). The summed E-state index contributed by atoms with van der Waals surface area (Å²) in [5, 5.41) is 0. The van der Waals surface area contributed by atoms with Gasteiger partial charge < -0.3 is 14.2 Å². The average molecular weight is 272 g/mol. The van der Waals surface area contributed by atoms with E-state index in [2.05, 4.69) is 6.92 Å². The van der Waals surface area contributed by atoms with Crippen LogP contribution in [0, 0.1) is 0 Å². The Morgan fingerprint density at radius 2 is 1.95 bits per heavy atom. The second-order valence-corrected chi connectivity index (χ2v) is 5.52. The summed E-state index contributed by atoms with van der Waals surface area (Å²) in [4.78, 5) is 0. The fraction of sp³-hybridized carbons (Fsp3) is 1.00. The van der Waals surface area contributed by atoms with Gasteiger partial charge in [0.15, 0.2) is 6.29 Å². The number of unbranched alkanes of at least 4 members (excludes halogenated alkanes) is 3. The van der Waals surface area contributed by atoms with Gasteiger partial charge in [-0.25, -0.2) is 0 Å². The fourth-order valence-corrected chi connectivity index (χ4v) is 2.55. The number of hydrogen-bond acceptors (Lipinski definition) is 3. The molecule has 3 heteroatoms. The standard InChI is InChI=1S/C16H32O3/c1-3-4-5-6-10-15(17-2)11-9-14-19-16-12-7-8-13-18-16/h15-16H,3-14H2,1-2H3/t15-,16?/m1/s1. The van der Waals surface area contributed by atoms with E-state index in [4.69, 9.17) is 14.2 Å². The molecule has 0 bridgehead atoms. The molecule has 1 heterocycles. The molecule has 0 aliphatic carbocycles.